The molecule has 0 saturated carbocycles. The minimum atomic E-state index is -4.24. The van der Waals surface area contributed by atoms with E-state index in [-0.39, 0.29) is 28.8 Å². The van der Waals surface area contributed by atoms with Crippen LogP contribution in [-0.2, 0) is 26.2 Å². The predicted octanol–water partition coefficient (Wildman–Crippen LogP) is 4.93. The first-order valence-corrected chi connectivity index (χ1v) is 15.5. The first kappa shape index (κ1) is 32.5. The van der Waals surface area contributed by atoms with Crippen LogP contribution in [0.1, 0.15) is 44.2 Å². The van der Waals surface area contributed by atoms with Crippen LogP contribution in [0.3, 0.4) is 0 Å². The van der Waals surface area contributed by atoms with E-state index in [0.29, 0.717) is 18.7 Å². The Morgan fingerprint density at radius 3 is 2.26 bits per heavy atom. The quantitative estimate of drug-likeness (QED) is 0.250. The smallest absolute Gasteiger partial charge is 0.264 e. The molecule has 0 spiro atoms. The minimum Gasteiger partial charge on any atom is -0.497 e. The molecule has 0 saturated heterocycles. The van der Waals surface area contributed by atoms with Crippen molar-refractivity contribution < 1.29 is 27.5 Å². The van der Waals surface area contributed by atoms with Gasteiger partial charge in [-0.3, -0.25) is 13.9 Å². The zero-order chi connectivity index (χ0) is 30.7. The second-order valence-corrected chi connectivity index (χ2v) is 11.8. The lowest BCUT2D eigenvalue weighted by atomic mass is 10.1. The number of nitrogens with zero attached hydrogens (tertiary/aromatic N) is 2. The van der Waals surface area contributed by atoms with Crippen molar-refractivity contribution in [2.75, 3.05) is 31.6 Å². The van der Waals surface area contributed by atoms with Crippen molar-refractivity contribution in [3.63, 3.8) is 0 Å². The Labute approximate surface area is 249 Å². The molecule has 10 heteroatoms. The number of aryl methyl sites for hydroxylation is 1. The SMILES string of the molecule is CCCCNC(=O)[C@H](CC)N(Cc1cccc(C)c1)C(=O)CN(c1ccccc1OC)S(=O)(=O)c1ccc(OC)cc1. The van der Waals surface area contributed by atoms with Crippen LogP contribution in [0.4, 0.5) is 5.69 Å². The van der Waals surface area contributed by atoms with Gasteiger partial charge in [0, 0.05) is 13.1 Å². The van der Waals surface area contributed by atoms with Crippen LogP contribution in [0.25, 0.3) is 0 Å². The first-order valence-electron chi connectivity index (χ1n) is 14.1. The normalized spacial score (nSPS) is 11.8. The molecule has 0 aromatic heterocycles. The van der Waals surface area contributed by atoms with Crippen LogP contribution in [0.15, 0.2) is 77.7 Å². The molecule has 3 rings (SSSR count). The fourth-order valence-corrected chi connectivity index (χ4v) is 6.08. The predicted molar refractivity (Wildman–Crippen MR) is 164 cm³/mol. The van der Waals surface area contributed by atoms with E-state index in [2.05, 4.69) is 5.32 Å². The number of hydrogen-bond donors (Lipinski definition) is 1. The second kappa shape index (κ2) is 15.3. The van der Waals surface area contributed by atoms with Gasteiger partial charge in [-0.05, 0) is 61.7 Å². The third-order valence-corrected chi connectivity index (χ3v) is 8.70. The highest BCUT2D eigenvalue weighted by Gasteiger charge is 2.34. The molecule has 0 radical (unpaired) electrons. The second-order valence-electron chi connectivity index (χ2n) is 9.94. The molecular formula is C32H41N3O6S. The van der Waals surface area contributed by atoms with Gasteiger partial charge in [-0.2, -0.15) is 0 Å². The Balaban J connectivity index is 2.08. The number of para-hydroxylation sites is 2. The molecule has 0 aliphatic rings. The van der Waals surface area contributed by atoms with Gasteiger partial charge in [0.15, 0.2) is 0 Å². The number of carbonyl (C=O) groups excluding carboxylic acids is 2. The number of nitrogens with one attached hydrogen (secondary N) is 1. The molecule has 1 N–H and O–H groups in total. The molecule has 42 heavy (non-hydrogen) atoms. The number of benzene rings is 3. The largest absolute Gasteiger partial charge is 0.497 e. The molecule has 0 bridgehead atoms. The van der Waals surface area contributed by atoms with E-state index in [1.54, 1.807) is 36.4 Å². The number of carbonyl (C=O) groups is 2. The summed E-state index contributed by atoms with van der Waals surface area (Å²) < 4.78 is 39.9. The summed E-state index contributed by atoms with van der Waals surface area (Å²) in [6, 6.07) is 19.5. The summed E-state index contributed by atoms with van der Waals surface area (Å²) in [5, 5.41) is 2.94. The molecule has 1 atom stereocenters. The summed E-state index contributed by atoms with van der Waals surface area (Å²) in [5.41, 5.74) is 2.06. The minimum absolute atomic E-state index is 0.0170. The van der Waals surface area contributed by atoms with Crippen molar-refractivity contribution in [1.29, 1.82) is 0 Å². The molecular weight excluding hydrogens is 554 g/mol. The fourth-order valence-electron chi connectivity index (χ4n) is 4.66. The van der Waals surface area contributed by atoms with E-state index in [4.69, 9.17) is 9.47 Å². The van der Waals surface area contributed by atoms with Crippen LogP contribution < -0.4 is 19.1 Å². The molecule has 0 aliphatic carbocycles. The summed E-state index contributed by atoms with van der Waals surface area (Å²) in [4.78, 5) is 29.0. The topological polar surface area (TPSA) is 105 Å². The Morgan fingerprint density at radius 2 is 1.64 bits per heavy atom. The van der Waals surface area contributed by atoms with E-state index < -0.39 is 28.5 Å². The van der Waals surface area contributed by atoms with E-state index in [1.807, 2.05) is 45.0 Å². The van der Waals surface area contributed by atoms with Gasteiger partial charge in [-0.15, -0.1) is 0 Å². The van der Waals surface area contributed by atoms with Gasteiger partial charge >= 0.3 is 0 Å². The van der Waals surface area contributed by atoms with Crippen molar-refractivity contribution in [2.45, 2.75) is 57.5 Å². The lowest BCUT2D eigenvalue weighted by molar-refractivity contribution is -0.140. The van der Waals surface area contributed by atoms with Gasteiger partial charge in [0.25, 0.3) is 10.0 Å². The Bertz CT molecular complexity index is 1440. The van der Waals surface area contributed by atoms with Crippen molar-refractivity contribution in [3.8, 4) is 11.5 Å². The van der Waals surface area contributed by atoms with Crippen molar-refractivity contribution in [3.05, 3.63) is 83.9 Å². The lowest BCUT2D eigenvalue weighted by Gasteiger charge is -2.33. The zero-order valence-electron chi connectivity index (χ0n) is 25.0. The van der Waals surface area contributed by atoms with Gasteiger partial charge in [0.1, 0.15) is 24.1 Å². The van der Waals surface area contributed by atoms with Gasteiger partial charge in [0.2, 0.25) is 11.8 Å². The number of rotatable bonds is 15. The maximum atomic E-state index is 14.2. The number of amides is 2. The summed E-state index contributed by atoms with van der Waals surface area (Å²) in [6.07, 6.45) is 2.09. The van der Waals surface area contributed by atoms with E-state index in [9.17, 15) is 18.0 Å². The van der Waals surface area contributed by atoms with Crippen LogP contribution >= 0.6 is 0 Å². The summed E-state index contributed by atoms with van der Waals surface area (Å²) >= 11 is 0. The number of sulfonamides is 1. The molecule has 0 unspecified atom stereocenters. The number of methoxy groups -OCH3 is 2. The Morgan fingerprint density at radius 1 is 0.929 bits per heavy atom. The molecule has 0 aliphatic heterocycles. The molecule has 3 aromatic carbocycles. The molecule has 2 amide bonds. The maximum absolute atomic E-state index is 14.2. The lowest BCUT2D eigenvalue weighted by Crippen LogP contribution is -2.52. The van der Waals surface area contributed by atoms with Gasteiger partial charge in [0.05, 0.1) is 24.8 Å². The van der Waals surface area contributed by atoms with Gasteiger partial charge in [-0.1, -0.05) is 62.2 Å². The van der Waals surface area contributed by atoms with E-state index in [0.717, 1.165) is 28.3 Å². The third kappa shape index (κ3) is 8.03. The summed E-state index contributed by atoms with van der Waals surface area (Å²) in [6.45, 7) is 5.92. The molecule has 0 heterocycles. The first-order chi connectivity index (χ1) is 20.2. The Kier molecular flexibility index (Phi) is 11.8. The standard InChI is InChI=1S/C32H41N3O6S/c1-6-8-20-33-32(37)28(7-2)34(22-25-13-11-12-24(3)21-25)31(36)23-35(29-14-9-10-15-30(29)41-5)42(38,39)27-18-16-26(40-4)17-19-27/h9-19,21,28H,6-8,20,22-23H2,1-5H3,(H,33,37)/t28-/m0/s1. The maximum Gasteiger partial charge on any atom is 0.264 e. The highest BCUT2D eigenvalue weighted by atomic mass is 32.2. The van der Waals surface area contributed by atoms with E-state index in [1.165, 1.54) is 31.3 Å². The highest BCUT2D eigenvalue weighted by Crippen LogP contribution is 2.33. The Hall–Kier alpha value is -4.05. The number of hydrogen-bond acceptors (Lipinski definition) is 6. The monoisotopic (exact) mass is 595 g/mol. The zero-order valence-corrected chi connectivity index (χ0v) is 25.8. The number of unbranched alkanes of at least 4 members (excludes halogenated alkanes) is 1. The average molecular weight is 596 g/mol. The van der Waals surface area contributed by atoms with Crippen LogP contribution in [0.2, 0.25) is 0 Å². The molecule has 9 nitrogen and oxygen atoms in total. The number of anilines is 1. The van der Waals surface area contributed by atoms with Crippen molar-refractivity contribution in [2.24, 2.45) is 0 Å². The van der Waals surface area contributed by atoms with Crippen LogP contribution in [-0.4, -0.2) is 58.5 Å². The highest BCUT2D eigenvalue weighted by molar-refractivity contribution is 7.92. The van der Waals surface area contributed by atoms with Crippen LogP contribution in [0.5, 0.6) is 11.5 Å². The van der Waals surface area contributed by atoms with Gasteiger partial charge < -0.3 is 19.7 Å². The van der Waals surface area contributed by atoms with Gasteiger partial charge in [-0.25, -0.2) is 8.42 Å². The molecule has 226 valence electrons. The van der Waals surface area contributed by atoms with Crippen molar-refractivity contribution >= 4 is 27.5 Å². The van der Waals surface area contributed by atoms with Crippen molar-refractivity contribution in [1.82, 2.24) is 10.2 Å². The van der Waals surface area contributed by atoms with Crippen LogP contribution in [0, 0.1) is 6.92 Å². The summed E-state index contributed by atoms with van der Waals surface area (Å²) in [5.74, 6) is 0.000776. The average Bonchev–Trinajstić information content (AvgIpc) is 2.99. The third-order valence-electron chi connectivity index (χ3n) is 6.93. The number of ether oxygens (including phenoxy) is 2. The fraction of sp³-hybridized carbons (Fsp3) is 0.375. The molecule has 0 fully saturated rings. The van der Waals surface area contributed by atoms with E-state index >= 15 is 0 Å². The molecule has 3 aromatic rings. The summed E-state index contributed by atoms with van der Waals surface area (Å²) in [7, 11) is -1.30.